The van der Waals surface area contributed by atoms with E-state index >= 15 is 0 Å². The molecule has 5 heteroatoms. The molecule has 3 nitrogen and oxygen atoms in total. The number of halogens is 2. The van der Waals surface area contributed by atoms with E-state index < -0.39 is 17.8 Å². The minimum absolute atomic E-state index is 0.0433. The van der Waals surface area contributed by atoms with E-state index in [1.54, 1.807) is 0 Å². The topological polar surface area (TPSA) is 55.1 Å². The third kappa shape index (κ3) is 2.65. The second kappa shape index (κ2) is 6.51. The average molecular weight is 389 g/mol. The molecule has 5 fully saturated rings. The molecular weight excluding hydrogens is 358 g/mol. The van der Waals surface area contributed by atoms with Gasteiger partial charge in [-0.15, -0.1) is 0 Å². The van der Waals surface area contributed by atoms with Crippen LogP contribution >= 0.6 is 0 Å². The number of rotatable bonds is 4. The van der Waals surface area contributed by atoms with E-state index in [1.807, 2.05) is 18.2 Å². The van der Waals surface area contributed by atoms with E-state index in [1.165, 1.54) is 5.56 Å². The Morgan fingerprint density at radius 1 is 1.07 bits per heavy atom. The van der Waals surface area contributed by atoms with Crippen molar-refractivity contribution < 1.29 is 13.6 Å². The van der Waals surface area contributed by atoms with Crippen LogP contribution in [-0.2, 0) is 10.2 Å². The van der Waals surface area contributed by atoms with Crippen molar-refractivity contribution in [3.8, 4) is 0 Å². The van der Waals surface area contributed by atoms with E-state index in [9.17, 15) is 13.6 Å². The zero-order valence-electron chi connectivity index (χ0n) is 16.2. The molecule has 0 aromatic heterocycles. The monoisotopic (exact) mass is 388 g/mol. The van der Waals surface area contributed by atoms with Gasteiger partial charge in [-0.2, -0.15) is 0 Å². The Morgan fingerprint density at radius 2 is 1.79 bits per heavy atom. The van der Waals surface area contributed by atoms with Crippen LogP contribution < -0.4 is 11.1 Å². The summed E-state index contributed by atoms with van der Waals surface area (Å²) in [7, 11) is 0. The quantitative estimate of drug-likeness (QED) is 0.819. The molecule has 28 heavy (non-hydrogen) atoms. The Hall–Kier alpha value is -1.49. The molecule has 152 valence electrons. The number of carbonyl (C=O) groups is 1. The van der Waals surface area contributed by atoms with Crippen molar-refractivity contribution in [3.63, 3.8) is 0 Å². The molecule has 5 saturated carbocycles. The molecule has 5 aliphatic rings. The van der Waals surface area contributed by atoms with Gasteiger partial charge in [-0.3, -0.25) is 4.79 Å². The highest BCUT2D eigenvalue weighted by atomic mass is 19.3. The van der Waals surface area contributed by atoms with E-state index in [0.717, 1.165) is 44.9 Å². The molecule has 5 atom stereocenters. The predicted molar refractivity (Wildman–Crippen MR) is 104 cm³/mol. The van der Waals surface area contributed by atoms with Crippen molar-refractivity contribution in [3.05, 3.63) is 35.9 Å². The van der Waals surface area contributed by atoms with E-state index in [-0.39, 0.29) is 35.2 Å². The smallest absolute Gasteiger partial charge is 0.242 e. The van der Waals surface area contributed by atoms with Crippen LogP contribution in [0.3, 0.4) is 0 Å². The molecular formula is C23H30F2N2O. The molecule has 0 spiro atoms. The third-order valence-electron chi connectivity index (χ3n) is 8.50. The third-order valence-corrected chi connectivity index (χ3v) is 8.50. The molecule has 1 amide bonds. The Labute approximate surface area is 165 Å². The van der Waals surface area contributed by atoms with Crippen molar-refractivity contribution in [2.24, 2.45) is 28.9 Å². The maximum absolute atomic E-state index is 14.0. The Balaban J connectivity index is 1.44. The fraction of sp³-hybridized carbons (Fsp3) is 0.696. The molecule has 0 saturated heterocycles. The van der Waals surface area contributed by atoms with Gasteiger partial charge >= 0.3 is 0 Å². The van der Waals surface area contributed by atoms with Gasteiger partial charge in [-0.05, 0) is 74.2 Å². The van der Waals surface area contributed by atoms with Gasteiger partial charge in [0.05, 0.1) is 5.41 Å². The number of hydrogen-bond acceptors (Lipinski definition) is 2. The van der Waals surface area contributed by atoms with Crippen LogP contribution in [0.2, 0.25) is 0 Å². The minimum atomic E-state index is -2.33. The minimum Gasteiger partial charge on any atom is -0.353 e. The Kier molecular flexibility index (Phi) is 4.31. The lowest BCUT2D eigenvalue weighted by molar-refractivity contribution is -0.134. The lowest BCUT2D eigenvalue weighted by atomic mass is 9.62. The molecule has 0 heterocycles. The fourth-order valence-corrected chi connectivity index (χ4v) is 7.39. The summed E-state index contributed by atoms with van der Waals surface area (Å²) < 4.78 is 27.9. The molecule has 4 bridgehead atoms. The Bertz CT molecular complexity index is 748. The maximum Gasteiger partial charge on any atom is 0.242 e. The average Bonchev–Trinajstić information content (AvgIpc) is 3.06. The van der Waals surface area contributed by atoms with Crippen LogP contribution in [0.15, 0.2) is 30.3 Å². The van der Waals surface area contributed by atoms with Crippen LogP contribution in [0.1, 0.15) is 56.9 Å². The maximum atomic E-state index is 14.0. The molecule has 1 aromatic carbocycles. The van der Waals surface area contributed by atoms with Crippen LogP contribution in [0, 0.1) is 23.2 Å². The lowest BCUT2D eigenvalue weighted by Crippen LogP contribution is -2.49. The zero-order chi connectivity index (χ0) is 19.5. The van der Waals surface area contributed by atoms with E-state index in [2.05, 4.69) is 17.4 Å². The fourth-order valence-electron chi connectivity index (χ4n) is 7.39. The molecule has 0 radical (unpaired) electrons. The van der Waals surface area contributed by atoms with Crippen molar-refractivity contribution in [2.45, 2.75) is 75.3 Å². The standard InChI is InChI=1S/C23H30F2N2O/c24-20(25)19-14-10-22(15-4-2-1-3-5-15)12-18(19)23(11-14,13-22)21(28)27-17-8-6-16(26)7-9-17/h1-5,14,16-20H,6-13,26H2,(H,27,28). The summed E-state index contributed by atoms with van der Waals surface area (Å²) in [4.78, 5) is 13.5. The second-order valence-electron chi connectivity index (χ2n) is 9.96. The number of benzene rings is 1. The van der Waals surface area contributed by atoms with Crippen molar-refractivity contribution in [2.75, 3.05) is 0 Å². The summed E-state index contributed by atoms with van der Waals surface area (Å²) in [5, 5.41) is 3.27. The summed E-state index contributed by atoms with van der Waals surface area (Å²) in [5.41, 5.74) is 6.51. The second-order valence-corrected chi connectivity index (χ2v) is 9.96. The molecule has 6 rings (SSSR count). The highest BCUT2D eigenvalue weighted by Crippen LogP contribution is 2.73. The number of hydrogen-bond donors (Lipinski definition) is 2. The van der Waals surface area contributed by atoms with Gasteiger partial charge in [0.2, 0.25) is 12.3 Å². The number of carbonyl (C=O) groups excluding carboxylic acids is 1. The highest BCUT2D eigenvalue weighted by molar-refractivity contribution is 5.85. The summed E-state index contributed by atoms with van der Waals surface area (Å²) in [6, 6.07) is 10.7. The molecule has 3 N–H and O–H groups in total. The molecule has 5 unspecified atom stereocenters. The first kappa shape index (κ1) is 18.5. The van der Waals surface area contributed by atoms with E-state index in [4.69, 9.17) is 5.73 Å². The highest BCUT2D eigenvalue weighted by Gasteiger charge is 2.72. The molecule has 1 aromatic rings. The van der Waals surface area contributed by atoms with Gasteiger partial charge < -0.3 is 11.1 Å². The van der Waals surface area contributed by atoms with Crippen molar-refractivity contribution in [1.29, 1.82) is 0 Å². The largest absolute Gasteiger partial charge is 0.353 e. The van der Waals surface area contributed by atoms with Gasteiger partial charge in [-0.1, -0.05) is 30.3 Å². The van der Waals surface area contributed by atoms with Crippen LogP contribution in [0.4, 0.5) is 8.78 Å². The number of alkyl halides is 2. The summed E-state index contributed by atoms with van der Waals surface area (Å²) in [5.74, 6) is -0.816. The number of nitrogens with two attached hydrogens (primary N) is 1. The SMILES string of the molecule is NC1CCC(NC(=O)C23CC4CC(c5ccccc5)(CC2C4C(F)F)C3)CC1. The van der Waals surface area contributed by atoms with Gasteiger partial charge in [-0.25, -0.2) is 8.78 Å². The first-order valence-corrected chi connectivity index (χ1v) is 10.8. The van der Waals surface area contributed by atoms with E-state index in [0.29, 0.717) is 6.42 Å². The summed E-state index contributed by atoms with van der Waals surface area (Å²) in [6.45, 7) is 0. The Morgan fingerprint density at radius 3 is 2.46 bits per heavy atom. The first-order chi connectivity index (χ1) is 13.4. The van der Waals surface area contributed by atoms with Crippen LogP contribution in [0.25, 0.3) is 0 Å². The van der Waals surface area contributed by atoms with Crippen molar-refractivity contribution in [1.82, 2.24) is 5.32 Å². The van der Waals surface area contributed by atoms with Crippen LogP contribution in [-0.4, -0.2) is 24.4 Å². The van der Waals surface area contributed by atoms with Gasteiger partial charge in [0.25, 0.3) is 0 Å². The van der Waals surface area contributed by atoms with Crippen molar-refractivity contribution >= 4 is 5.91 Å². The van der Waals surface area contributed by atoms with Crippen LogP contribution in [0.5, 0.6) is 0 Å². The number of nitrogens with one attached hydrogen (secondary N) is 1. The van der Waals surface area contributed by atoms with Gasteiger partial charge in [0.15, 0.2) is 0 Å². The number of amides is 1. The lowest BCUT2D eigenvalue weighted by Gasteiger charge is -2.43. The zero-order valence-corrected chi connectivity index (χ0v) is 16.2. The summed E-state index contributed by atoms with van der Waals surface area (Å²) in [6.07, 6.45) is 4.23. The van der Waals surface area contributed by atoms with Gasteiger partial charge in [0, 0.05) is 18.0 Å². The van der Waals surface area contributed by atoms with Gasteiger partial charge in [0.1, 0.15) is 0 Å². The molecule has 0 aliphatic heterocycles. The first-order valence-electron chi connectivity index (χ1n) is 10.8. The normalized spacial score (nSPS) is 44.2. The predicted octanol–water partition coefficient (Wildman–Crippen LogP) is 4.01. The molecule has 5 aliphatic carbocycles. The summed E-state index contributed by atoms with van der Waals surface area (Å²) >= 11 is 0.